The van der Waals surface area contributed by atoms with E-state index < -0.39 is 28.5 Å². The Kier molecular flexibility index (Phi) is 7.30. The zero-order valence-electron chi connectivity index (χ0n) is 25.5. The molecular formula is C34H27Cl2N7O5. The van der Waals surface area contributed by atoms with E-state index in [0.29, 0.717) is 52.7 Å². The predicted molar refractivity (Wildman–Crippen MR) is 174 cm³/mol. The van der Waals surface area contributed by atoms with Crippen LogP contribution in [0.5, 0.6) is 0 Å². The van der Waals surface area contributed by atoms with E-state index in [1.54, 1.807) is 60.0 Å². The van der Waals surface area contributed by atoms with Gasteiger partial charge in [0.05, 0.1) is 40.3 Å². The third kappa shape index (κ3) is 5.25. The number of carboxylic acid groups (broad SMARTS) is 1. The first-order valence-corrected chi connectivity index (χ1v) is 15.9. The van der Waals surface area contributed by atoms with Crippen molar-refractivity contribution >= 4 is 58.5 Å². The van der Waals surface area contributed by atoms with E-state index >= 15 is 0 Å². The first-order chi connectivity index (χ1) is 22.9. The number of hydrogen-bond acceptors (Lipinski definition) is 7. The number of hydrogen-bond donors (Lipinski definition) is 3. The highest BCUT2D eigenvalue weighted by Gasteiger charge is 2.57. The van der Waals surface area contributed by atoms with E-state index in [2.05, 4.69) is 26.7 Å². The van der Waals surface area contributed by atoms with Crippen molar-refractivity contribution in [3.63, 3.8) is 0 Å². The number of imidazole rings is 1. The van der Waals surface area contributed by atoms with E-state index in [1.807, 2.05) is 0 Å². The lowest BCUT2D eigenvalue weighted by molar-refractivity contribution is -0.125. The quantitative estimate of drug-likeness (QED) is 0.225. The number of fused-ring (bicyclic) bond motifs is 1. The molecule has 1 aliphatic heterocycles. The number of carbonyl (C=O) groups excluding carboxylic acids is 3. The van der Waals surface area contributed by atoms with E-state index in [9.17, 15) is 29.5 Å². The summed E-state index contributed by atoms with van der Waals surface area (Å²) in [4.78, 5) is 63.4. The summed E-state index contributed by atoms with van der Waals surface area (Å²) in [6.07, 6.45) is 4.85. The summed E-state index contributed by atoms with van der Waals surface area (Å²) in [5.74, 6) is -2.24. The van der Waals surface area contributed by atoms with E-state index in [-0.39, 0.29) is 35.4 Å². The van der Waals surface area contributed by atoms with Crippen LogP contribution in [-0.2, 0) is 27.1 Å². The van der Waals surface area contributed by atoms with Crippen LogP contribution in [0.2, 0.25) is 10.0 Å². The molecule has 242 valence electrons. The SMILES string of the molecule is CC1(Cc2ccc(C#N)cc2)C(=O)N(c2cc(Cl)cc(Cl)c2)c2ncc(C(=O)NC3(C(=O)NC4(c5ccc(C(=O)O)cn5)CC4)CC3)n21. The van der Waals surface area contributed by atoms with Crippen molar-refractivity contribution in [3.8, 4) is 6.07 Å². The van der Waals surface area contributed by atoms with Crippen molar-refractivity contribution in [1.29, 1.82) is 5.26 Å². The summed E-state index contributed by atoms with van der Waals surface area (Å²) in [7, 11) is 0. The minimum Gasteiger partial charge on any atom is -0.478 e. The van der Waals surface area contributed by atoms with Crippen LogP contribution in [-0.4, -0.2) is 48.9 Å². The first kappa shape index (κ1) is 31.4. The lowest BCUT2D eigenvalue weighted by Gasteiger charge is -2.27. The number of nitrogens with zero attached hydrogens (tertiary/aromatic N) is 5. The van der Waals surface area contributed by atoms with E-state index in [4.69, 9.17) is 23.2 Å². The number of aromatic nitrogens is 3. The molecule has 0 spiro atoms. The second-order valence-corrected chi connectivity index (χ2v) is 13.5. The number of carboxylic acids is 1. The summed E-state index contributed by atoms with van der Waals surface area (Å²) in [5, 5.41) is 25.0. The van der Waals surface area contributed by atoms with Gasteiger partial charge in [-0.25, -0.2) is 14.7 Å². The van der Waals surface area contributed by atoms with Crippen LogP contribution in [0, 0.1) is 11.3 Å². The smallest absolute Gasteiger partial charge is 0.337 e. The predicted octanol–water partition coefficient (Wildman–Crippen LogP) is 4.86. The van der Waals surface area contributed by atoms with Gasteiger partial charge in [0.2, 0.25) is 11.9 Å². The third-order valence-corrected chi connectivity index (χ3v) is 9.65. The van der Waals surface area contributed by atoms with Crippen molar-refractivity contribution in [2.75, 3.05) is 4.90 Å². The third-order valence-electron chi connectivity index (χ3n) is 9.21. The van der Waals surface area contributed by atoms with Crippen LogP contribution in [0.15, 0.2) is 67.0 Å². The number of nitriles is 1. The normalized spacial score (nSPS) is 19.6. The fourth-order valence-corrected chi connectivity index (χ4v) is 6.76. The Morgan fingerprint density at radius 1 is 0.958 bits per heavy atom. The second kappa shape index (κ2) is 11.2. The molecule has 3 heterocycles. The minimum absolute atomic E-state index is 0.0434. The van der Waals surface area contributed by atoms with Gasteiger partial charge in [-0.1, -0.05) is 35.3 Å². The van der Waals surface area contributed by atoms with Gasteiger partial charge in [0.1, 0.15) is 16.8 Å². The van der Waals surface area contributed by atoms with Gasteiger partial charge < -0.3 is 15.7 Å². The lowest BCUT2D eigenvalue weighted by atomic mass is 9.91. The van der Waals surface area contributed by atoms with Crippen molar-refractivity contribution in [3.05, 3.63) is 105 Å². The van der Waals surface area contributed by atoms with Crippen LogP contribution >= 0.6 is 23.2 Å². The number of pyridine rings is 1. The fraction of sp³-hybridized carbons (Fsp3) is 0.265. The number of benzene rings is 2. The van der Waals surface area contributed by atoms with Gasteiger partial charge in [-0.15, -0.1) is 0 Å². The highest BCUT2D eigenvalue weighted by molar-refractivity contribution is 6.35. The lowest BCUT2D eigenvalue weighted by Crippen LogP contribution is -2.52. The molecule has 2 aromatic heterocycles. The first-order valence-electron chi connectivity index (χ1n) is 15.1. The largest absolute Gasteiger partial charge is 0.478 e. The van der Waals surface area contributed by atoms with Gasteiger partial charge in [-0.05, 0) is 80.6 Å². The Hall–Kier alpha value is -5.25. The Morgan fingerprint density at radius 3 is 2.21 bits per heavy atom. The van der Waals surface area contributed by atoms with Gasteiger partial charge in [-0.3, -0.25) is 23.9 Å². The topological polar surface area (TPSA) is 170 Å². The Morgan fingerprint density at radius 2 is 1.65 bits per heavy atom. The number of anilines is 2. The molecule has 7 rings (SSSR count). The molecule has 2 fully saturated rings. The number of rotatable bonds is 9. The van der Waals surface area contributed by atoms with Gasteiger partial charge in [0, 0.05) is 22.7 Å². The number of amides is 3. The van der Waals surface area contributed by atoms with Crippen LogP contribution in [0.3, 0.4) is 0 Å². The highest BCUT2D eigenvalue weighted by atomic mass is 35.5. The molecule has 2 saturated carbocycles. The number of nitrogens with one attached hydrogen (secondary N) is 2. The zero-order chi connectivity index (χ0) is 34.0. The molecule has 4 aromatic rings. The molecule has 1 atom stereocenters. The number of carbonyl (C=O) groups is 4. The molecule has 0 radical (unpaired) electrons. The summed E-state index contributed by atoms with van der Waals surface area (Å²) in [6, 6.07) is 16.7. The van der Waals surface area contributed by atoms with Crippen LogP contribution in [0.4, 0.5) is 11.6 Å². The van der Waals surface area contributed by atoms with Crippen molar-refractivity contribution in [2.24, 2.45) is 0 Å². The summed E-state index contributed by atoms with van der Waals surface area (Å²) in [5.41, 5.74) is -0.992. The number of halogens is 2. The number of aromatic carboxylic acids is 1. The van der Waals surface area contributed by atoms with Gasteiger partial charge >= 0.3 is 5.97 Å². The Labute approximate surface area is 284 Å². The van der Waals surface area contributed by atoms with Crippen LogP contribution < -0.4 is 15.5 Å². The standard InChI is InChI=1S/C34H27Cl2N7O5/c1-32(15-19-2-4-20(16-37)5-3-19)30(48)42(24-13-22(35)12-23(36)14-24)31-39-18-25(43(31)32)27(44)40-34(10-11-34)29(47)41-33(8-9-33)26-7-6-21(17-38-26)28(45)46/h2-7,12-14,17-18H,8-11,15H2,1H3,(H,40,44)(H,41,47)(H,45,46). The van der Waals surface area contributed by atoms with Gasteiger partial charge in [-0.2, -0.15) is 5.26 Å². The minimum atomic E-state index is -1.34. The second-order valence-electron chi connectivity index (χ2n) is 12.6. The van der Waals surface area contributed by atoms with Crippen molar-refractivity contribution in [1.82, 2.24) is 25.2 Å². The summed E-state index contributed by atoms with van der Waals surface area (Å²) < 4.78 is 1.57. The van der Waals surface area contributed by atoms with Crippen LogP contribution in [0.1, 0.15) is 70.3 Å². The van der Waals surface area contributed by atoms with E-state index in [1.165, 1.54) is 23.4 Å². The molecule has 48 heavy (non-hydrogen) atoms. The fourth-order valence-electron chi connectivity index (χ4n) is 6.25. The molecular weight excluding hydrogens is 657 g/mol. The molecule has 3 amide bonds. The molecule has 2 aliphatic carbocycles. The monoisotopic (exact) mass is 683 g/mol. The molecule has 12 nitrogen and oxygen atoms in total. The summed E-state index contributed by atoms with van der Waals surface area (Å²) in [6.45, 7) is 1.71. The molecule has 2 aromatic carbocycles. The van der Waals surface area contributed by atoms with Crippen LogP contribution in [0.25, 0.3) is 0 Å². The molecule has 14 heteroatoms. The zero-order valence-corrected chi connectivity index (χ0v) is 27.0. The maximum Gasteiger partial charge on any atom is 0.337 e. The molecule has 3 aliphatic rings. The maximum absolute atomic E-state index is 14.3. The van der Waals surface area contributed by atoms with E-state index in [0.717, 1.165) is 5.56 Å². The average Bonchev–Trinajstić information content (AvgIpc) is 3.96. The van der Waals surface area contributed by atoms with Crippen molar-refractivity contribution in [2.45, 2.75) is 55.6 Å². The molecule has 3 N–H and O–H groups in total. The molecule has 0 bridgehead atoms. The molecule has 1 unspecified atom stereocenters. The maximum atomic E-state index is 14.3. The molecule has 0 saturated heterocycles. The average molecular weight is 685 g/mol. The van der Waals surface area contributed by atoms with Gasteiger partial charge in [0.15, 0.2) is 0 Å². The van der Waals surface area contributed by atoms with Crippen molar-refractivity contribution < 1.29 is 24.3 Å². The Balaban J connectivity index is 1.19. The Bertz CT molecular complexity index is 2040. The highest BCUT2D eigenvalue weighted by Crippen LogP contribution is 2.47. The van der Waals surface area contributed by atoms with Gasteiger partial charge in [0.25, 0.3) is 11.8 Å². The summed E-state index contributed by atoms with van der Waals surface area (Å²) >= 11 is 12.6.